The van der Waals surface area contributed by atoms with Gasteiger partial charge in [0, 0.05) is 48.6 Å². The van der Waals surface area contributed by atoms with Gasteiger partial charge in [-0.1, -0.05) is 0 Å². The number of aromatic nitrogens is 1. The van der Waals surface area contributed by atoms with Gasteiger partial charge >= 0.3 is 0 Å². The van der Waals surface area contributed by atoms with Crippen molar-refractivity contribution in [1.82, 2.24) is 10.3 Å². The molecule has 0 spiro atoms. The zero-order valence-corrected chi connectivity index (χ0v) is 13.8. The van der Waals surface area contributed by atoms with Crippen molar-refractivity contribution in [1.29, 1.82) is 0 Å². The molecule has 5 nitrogen and oxygen atoms in total. The number of nitrogens with zero attached hydrogens (tertiary/aromatic N) is 2. The number of carbonyl (C=O) groups excluding carboxylic acids is 1. The Labute approximate surface area is 139 Å². The minimum Gasteiger partial charge on any atom is -0.381 e. The molecule has 0 bridgehead atoms. The van der Waals surface area contributed by atoms with Crippen molar-refractivity contribution in [3.63, 3.8) is 0 Å². The summed E-state index contributed by atoms with van der Waals surface area (Å²) in [7, 11) is 0. The van der Waals surface area contributed by atoms with Crippen LogP contribution in [0.1, 0.15) is 19.3 Å². The molecule has 2 saturated heterocycles. The van der Waals surface area contributed by atoms with E-state index in [9.17, 15) is 4.79 Å². The number of fused-ring (bicyclic) bond motifs is 1. The third-order valence-electron chi connectivity index (χ3n) is 4.79. The molecular formula is C17H21N3O2S. The second kappa shape index (κ2) is 6.45. The van der Waals surface area contributed by atoms with Crippen molar-refractivity contribution >= 4 is 33.1 Å². The van der Waals surface area contributed by atoms with Crippen LogP contribution in [0.25, 0.3) is 10.1 Å². The first kappa shape index (κ1) is 14.9. The lowest BCUT2D eigenvalue weighted by Gasteiger charge is -2.24. The quantitative estimate of drug-likeness (QED) is 0.938. The number of nitrogens with one attached hydrogen (secondary N) is 1. The van der Waals surface area contributed by atoms with Crippen LogP contribution in [-0.2, 0) is 9.53 Å². The van der Waals surface area contributed by atoms with E-state index in [0.29, 0.717) is 0 Å². The summed E-state index contributed by atoms with van der Waals surface area (Å²) in [6.45, 7) is 3.17. The van der Waals surface area contributed by atoms with E-state index in [4.69, 9.17) is 4.74 Å². The molecule has 1 atom stereocenters. The van der Waals surface area contributed by atoms with Crippen LogP contribution in [0, 0.1) is 5.92 Å². The van der Waals surface area contributed by atoms with Gasteiger partial charge in [0.05, 0.1) is 5.92 Å². The Bertz CT molecular complexity index is 696. The van der Waals surface area contributed by atoms with Crippen LogP contribution in [0.5, 0.6) is 0 Å². The summed E-state index contributed by atoms with van der Waals surface area (Å²) in [5.74, 6) is 1.27. The van der Waals surface area contributed by atoms with Gasteiger partial charge in [-0.25, -0.2) is 4.98 Å². The molecule has 0 aliphatic carbocycles. The van der Waals surface area contributed by atoms with E-state index in [1.807, 2.05) is 6.20 Å². The highest BCUT2D eigenvalue weighted by atomic mass is 32.1. The van der Waals surface area contributed by atoms with Gasteiger partial charge in [-0.15, -0.1) is 11.3 Å². The van der Waals surface area contributed by atoms with Gasteiger partial charge in [0.15, 0.2) is 0 Å². The van der Waals surface area contributed by atoms with Crippen LogP contribution in [0.4, 0.5) is 5.82 Å². The molecule has 2 aliphatic rings. The summed E-state index contributed by atoms with van der Waals surface area (Å²) < 4.78 is 6.60. The molecular weight excluding hydrogens is 310 g/mol. The Kier molecular flexibility index (Phi) is 4.18. The Morgan fingerprint density at radius 3 is 3.04 bits per heavy atom. The number of hydrogen-bond acceptors (Lipinski definition) is 5. The predicted octanol–water partition coefficient (Wildman–Crippen LogP) is 2.42. The van der Waals surface area contributed by atoms with Gasteiger partial charge in [-0.2, -0.15) is 0 Å². The lowest BCUT2D eigenvalue weighted by molar-refractivity contribution is -0.125. The van der Waals surface area contributed by atoms with E-state index in [0.717, 1.165) is 51.4 Å². The fourth-order valence-corrected chi connectivity index (χ4v) is 4.24. The molecule has 2 aliphatic heterocycles. The summed E-state index contributed by atoms with van der Waals surface area (Å²) in [5, 5.41) is 6.50. The number of ether oxygens (including phenoxy) is 1. The highest BCUT2D eigenvalue weighted by Gasteiger charge is 2.31. The van der Waals surface area contributed by atoms with Crippen molar-refractivity contribution in [2.24, 2.45) is 5.92 Å². The van der Waals surface area contributed by atoms with E-state index in [-0.39, 0.29) is 17.9 Å². The highest BCUT2D eigenvalue weighted by molar-refractivity contribution is 7.17. The molecule has 0 saturated carbocycles. The molecule has 2 aromatic rings. The molecule has 2 aromatic heterocycles. The molecule has 0 radical (unpaired) electrons. The fourth-order valence-electron chi connectivity index (χ4n) is 3.46. The molecule has 1 N–H and O–H groups in total. The summed E-state index contributed by atoms with van der Waals surface area (Å²) in [4.78, 5) is 19.3. The lowest BCUT2D eigenvalue weighted by atomic mass is 10.1. The third kappa shape index (κ3) is 3.05. The van der Waals surface area contributed by atoms with Crippen LogP contribution in [0.15, 0.2) is 23.7 Å². The maximum atomic E-state index is 12.5. The second-order valence-corrected chi connectivity index (χ2v) is 7.24. The van der Waals surface area contributed by atoms with Crippen molar-refractivity contribution in [2.45, 2.75) is 25.3 Å². The molecule has 1 amide bonds. The zero-order chi connectivity index (χ0) is 15.6. The number of pyridine rings is 1. The van der Waals surface area contributed by atoms with Crippen LogP contribution in [0.2, 0.25) is 0 Å². The maximum absolute atomic E-state index is 12.5. The number of carbonyl (C=O) groups is 1. The van der Waals surface area contributed by atoms with Gasteiger partial charge in [0.25, 0.3) is 0 Å². The molecule has 23 heavy (non-hydrogen) atoms. The number of anilines is 1. The van der Waals surface area contributed by atoms with E-state index >= 15 is 0 Å². The molecule has 122 valence electrons. The van der Waals surface area contributed by atoms with Crippen LogP contribution >= 0.6 is 11.3 Å². The molecule has 6 heteroatoms. The van der Waals surface area contributed by atoms with E-state index in [1.54, 1.807) is 11.3 Å². The second-order valence-electron chi connectivity index (χ2n) is 6.29. The van der Waals surface area contributed by atoms with E-state index in [1.165, 1.54) is 10.1 Å². The summed E-state index contributed by atoms with van der Waals surface area (Å²) in [6, 6.07) is 4.45. The summed E-state index contributed by atoms with van der Waals surface area (Å²) >= 11 is 1.73. The Morgan fingerprint density at radius 1 is 1.30 bits per heavy atom. The first-order valence-electron chi connectivity index (χ1n) is 8.26. The fraction of sp³-hybridized carbons (Fsp3) is 0.529. The Morgan fingerprint density at radius 2 is 2.17 bits per heavy atom. The standard InChI is InChI=1S/C17H21N3O2S/c21-17(19-13-3-8-22-9-4-13)12-2-7-20(11-12)16-14-5-10-23-15(14)1-6-18-16/h1,5-6,10,12-13H,2-4,7-9,11H2,(H,19,21). The molecule has 0 aromatic carbocycles. The zero-order valence-electron chi connectivity index (χ0n) is 13.0. The van der Waals surface area contributed by atoms with Gasteiger partial charge < -0.3 is 15.0 Å². The van der Waals surface area contributed by atoms with Gasteiger partial charge in [-0.05, 0) is 36.8 Å². The monoisotopic (exact) mass is 331 g/mol. The first-order valence-corrected chi connectivity index (χ1v) is 9.14. The number of amides is 1. The minimum absolute atomic E-state index is 0.0635. The van der Waals surface area contributed by atoms with Gasteiger partial charge in [-0.3, -0.25) is 4.79 Å². The van der Waals surface area contributed by atoms with Gasteiger partial charge in [0.2, 0.25) is 5.91 Å². The van der Waals surface area contributed by atoms with Crippen molar-refractivity contribution in [3.05, 3.63) is 23.7 Å². The van der Waals surface area contributed by atoms with Crippen molar-refractivity contribution in [3.8, 4) is 0 Å². The Balaban J connectivity index is 1.42. The molecule has 1 unspecified atom stereocenters. The lowest BCUT2D eigenvalue weighted by Crippen LogP contribution is -2.42. The minimum atomic E-state index is 0.0635. The highest BCUT2D eigenvalue weighted by Crippen LogP contribution is 2.31. The average molecular weight is 331 g/mol. The maximum Gasteiger partial charge on any atom is 0.225 e. The smallest absolute Gasteiger partial charge is 0.225 e. The average Bonchev–Trinajstić information content (AvgIpc) is 3.25. The SMILES string of the molecule is O=C(NC1CCOCC1)C1CCN(c2nccc3sccc23)C1. The van der Waals surface area contributed by atoms with E-state index in [2.05, 4.69) is 32.7 Å². The van der Waals surface area contributed by atoms with E-state index < -0.39 is 0 Å². The summed E-state index contributed by atoms with van der Waals surface area (Å²) in [6.07, 6.45) is 4.62. The van der Waals surface area contributed by atoms with Crippen molar-refractivity contribution in [2.75, 3.05) is 31.2 Å². The van der Waals surface area contributed by atoms with Crippen LogP contribution in [-0.4, -0.2) is 43.2 Å². The normalized spacial score (nSPS) is 22.6. The van der Waals surface area contributed by atoms with Crippen LogP contribution in [0.3, 0.4) is 0 Å². The topological polar surface area (TPSA) is 54.5 Å². The number of hydrogen-bond donors (Lipinski definition) is 1. The molecule has 4 rings (SSSR count). The third-order valence-corrected chi connectivity index (χ3v) is 5.67. The van der Waals surface area contributed by atoms with Gasteiger partial charge in [0.1, 0.15) is 5.82 Å². The molecule has 4 heterocycles. The largest absolute Gasteiger partial charge is 0.381 e. The van der Waals surface area contributed by atoms with Crippen molar-refractivity contribution < 1.29 is 9.53 Å². The van der Waals surface area contributed by atoms with Crippen LogP contribution < -0.4 is 10.2 Å². The number of rotatable bonds is 3. The summed E-state index contributed by atoms with van der Waals surface area (Å²) in [5.41, 5.74) is 0. The first-order chi connectivity index (χ1) is 11.3. The predicted molar refractivity (Wildman–Crippen MR) is 91.9 cm³/mol. The number of thiophene rings is 1. The Hall–Kier alpha value is -1.66. The molecule has 2 fully saturated rings.